The predicted octanol–water partition coefficient (Wildman–Crippen LogP) is 1.35. The Balaban J connectivity index is 2.67. The monoisotopic (exact) mass is 198 g/mol. The zero-order chi connectivity index (χ0) is 7.56. The normalized spacial score (nSPS) is 13.0. The van der Waals surface area contributed by atoms with Crippen molar-refractivity contribution in [2.45, 2.75) is 0 Å². The van der Waals surface area contributed by atoms with Crippen LogP contribution in [0.4, 0.5) is 5.13 Å². The number of hydrogen-bond donors (Lipinski definition) is 2. The van der Waals surface area contributed by atoms with Gasteiger partial charge < -0.3 is 0 Å². The van der Waals surface area contributed by atoms with Gasteiger partial charge in [0.1, 0.15) is 4.34 Å². The van der Waals surface area contributed by atoms with Gasteiger partial charge in [0.2, 0.25) is 0 Å². The van der Waals surface area contributed by atoms with Crippen molar-refractivity contribution in [2.75, 3.05) is 4.72 Å². The fourth-order valence-corrected chi connectivity index (χ4v) is 1.62. The average Bonchev–Trinajstić information content (AvgIpc) is 2.13. The summed E-state index contributed by atoms with van der Waals surface area (Å²) in [6, 6.07) is 0. The first kappa shape index (κ1) is 7.93. The first-order valence-corrected chi connectivity index (χ1v) is 4.47. The largest absolute Gasteiger partial charge is 0.289 e. The molecule has 0 aliphatic heterocycles. The third kappa shape index (κ3) is 2.22. The van der Waals surface area contributed by atoms with Gasteiger partial charge in [-0.3, -0.25) is 9.27 Å². The number of halogens is 1. The lowest BCUT2D eigenvalue weighted by molar-refractivity contribution is 0.570. The third-order valence-electron chi connectivity index (χ3n) is 0.652. The zero-order valence-corrected chi connectivity index (χ0v) is 6.96. The second-order valence-electron chi connectivity index (χ2n) is 1.32. The summed E-state index contributed by atoms with van der Waals surface area (Å²) in [7, 11) is 0. The molecular weight excluding hydrogens is 196 g/mol. The molecule has 1 unspecified atom stereocenters. The fourth-order valence-electron chi connectivity index (χ4n) is 0.376. The summed E-state index contributed by atoms with van der Waals surface area (Å²) in [6.45, 7) is 0. The fraction of sp³-hybridized carbons (Fsp3) is 0. The molecule has 1 atom stereocenters. The molecule has 0 radical (unpaired) electrons. The second kappa shape index (κ2) is 3.29. The summed E-state index contributed by atoms with van der Waals surface area (Å²) in [5, 5.41) is 0.339. The average molecular weight is 199 g/mol. The summed E-state index contributed by atoms with van der Waals surface area (Å²) < 4.78 is 21.1. The molecule has 1 rings (SSSR count). The van der Waals surface area contributed by atoms with Crippen molar-refractivity contribution >= 4 is 39.3 Å². The van der Waals surface area contributed by atoms with E-state index in [0.717, 1.165) is 11.3 Å². The highest BCUT2D eigenvalue weighted by Crippen LogP contribution is 2.22. The molecule has 0 aromatic carbocycles. The van der Waals surface area contributed by atoms with Crippen LogP contribution in [0, 0.1) is 0 Å². The number of nitrogens with one attached hydrogen (secondary N) is 1. The van der Waals surface area contributed by atoms with Gasteiger partial charge in [0.25, 0.3) is 11.3 Å². The van der Waals surface area contributed by atoms with Crippen molar-refractivity contribution in [1.82, 2.24) is 4.98 Å². The lowest BCUT2D eigenvalue weighted by Gasteiger charge is -1.90. The zero-order valence-electron chi connectivity index (χ0n) is 4.57. The Bertz CT molecular complexity index is 250. The Morgan fingerprint density at radius 3 is 3.00 bits per heavy atom. The van der Waals surface area contributed by atoms with Crippen molar-refractivity contribution < 1.29 is 8.76 Å². The lowest BCUT2D eigenvalue weighted by atomic mass is 11.0. The summed E-state index contributed by atoms with van der Waals surface area (Å²) >= 11 is 4.52. The van der Waals surface area contributed by atoms with Crippen LogP contribution < -0.4 is 4.72 Å². The minimum absolute atomic E-state index is 0.339. The van der Waals surface area contributed by atoms with Crippen LogP contribution in [-0.2, 0) is 11.3 Å². The van der Waals surface area contributed by atoms with E-state index in [2.05, 4.69) is 9.71 Å². The highest BCUT2D eigenvalue weighted by atomic mass is 35.5. The SMILES string of the molecule is O=S(O)Nc1ncc(Cl)s1. The molecule has 0 spiro atoms. The van der Waals surface area contributed by atoms with Gasteiger partial charge in [0.15, 0.2) is 5.13 Å². The summed E-state index contributed by atoms with van der Waals surface area (Å²) in [5.41, 5.74) is 0. The van der Waals surface area contributed by atoms with E-state index in [0.29, 0.717) is 9.47 Å². The summed E-state index contributed by atoms with van der Waals surface area (Å²) in [5.74, 6) is 0. The molecule has 4 nitrogen and oxygen atoms in total. The van der Waals surface area contributed by atoms with E-state index in [1.807, 2.05) is 0 Å². The van der Waals surface area contributed by atoms with Gasteiger partial charge in [-0.1, -0.05) is 22.9 Å². The number of aromatic nitrogens is 1. The molecule has 0 aliphatic carbocycles. The molecule has 1 heterocycles. The minimum Gasteiger partial charge on any atom is -0.289 e. The molecule has 0 fully saturated rings. The maximum atomic E-state index is 10.1. The number of anilines is 1. The van der Waals surface area contributed by atoms with Crippen molar-refractivity contribution in [3.8, 4) is 0 Å². The topological polar surface area (TPSA) is 62.2 Å². The first-order chi connectivity index (χ1) is 4.68. The van der Waals surface area contributed by atoms with Crippen molar-refractivity contribution in [2.24, 2.45) is 0 Å². The van der Waals surface area contributed by atoms with E-state index in [1.54, 1.807) is 0 Å². The quantitative estimate of drug-likeness (QED) is 0.706. The molecular formula is C3H3ClN2O2S2. The van der Waals surface area contributed by atoms with Gasteiger partial charge in [-0.2, -0.15) is 0 Å². The van der Waals surface area contributed by atoms with E-state index in [1.165, 1.54) is 6.20 Å². The van der Waals surface area contributed by atoms with Crippen molar-refractivity contribution in [3.63, 3.8) is 0 Å². The van der Waals surface area contributed by atoms with Crippen LogP contribution >= 0.6 is 22.9 Å². The summed E-state index contributed by atoms with van der Waals surface area (Å²) in [6.07, 6.45) is 1.40. The van der Waals surface area contributed by atoms with Gasteiger partial charge >= 0.3 is 0 Å². The van der Waals surface area contributed by atoms with Crippen LogP contribution in [0.3, 0.4) is 0 Å². The van der Waals surface area contributed by atoms with Gasteiger partial charge in [-0.15, -0.1) is 0 Å². The van der Waals surface area contributed by atoms with E-state index < -0.39 is 11.3 Å². The highest BCUT2D eigenvalue weighted by Gasteiger charge is 1.99. The standard InChI is InChI=1S/C3H3ClN2O2S2/c4-2-1-5-3(9-2)6-10(7)8/h1H,(H,5,6)(H,7,8). The minimum atomic E-state index is -2.06. The molecule has 0 aliphatic rings. The Hall–Kier alpha value is -0.170. The molecule has 1 aromatic heterocycles. The van der Waals surface area contributed by atoms with Crippen molar-refractivity contribution in [3.05, 3.63) is 10.5 Å². The lowest BCUT2D eigenvalue weighted by Crippen LogP contribution is -2.00. The molecule has 0 bridgehead atoms. The van der Waals surface area contributed by atoms with Gasteiger partial charge in [-0.25, -0.2) is 9.19 Å². The van der Waals surface area contributed by atoms with Crippen molar-refractivity contribution in [1.29, 1.82) is 0 Å². The molecule has 0 saturated carbocycles. The van der Waals surface area contributed by atoms with Crippen LogP contribution in [0.1, 0.15) is 0 Å². The molecule has 2 N–H and O–H groups in total. The van der Waals surface area contributed by atoms with Gasteiger partial charge in [0, 0.05) is 0 Å². The Labute approximate surface area is 68.7 Å². The number of nitrogens with zero attached hydrogens (tertiary/aromatic N) is 1. The van der Waals surface area contributed by atoms with Crippen LogP contribution in [0.2, 0.25) is 4.34 Å². The Morgan fingerprint density at radius 2 is 2.60 bits per heavy atom. The van der Waals surface area contributed by atoms with Gasteiger partial charge in [-0.05, 0) is 0 Å². The highest BCUT2D eigenvalue weighted by molar-refractivity contribution is 7.80. The van der Waals surface area contributed by atoms with Crippen LogP contribution in [0.5, 0.6) is 0 Å². The van der Waals surface area contributed by atoms with Gasteiger partial charge in [0.05, 0.1) is 6.20 Å². The van der Waals surface area contributed by atoms with Crippen LogP contribution in [-0.4, -0.2) is 13.7 Å². The molecule has 7 heteroatoms. The first-order valence-electron chi connectivity index (χ1n) is 2.17. The van der Waals surface area contributed by atoms with E-state index in [4.69, 9.17) is 16.2 Å². The third-order valence-corrected chi connectivity index (χ3v) is 2.18. The number of thiazole rings is 1. The van der Waals surface area contributed by atoms with Crippen LogP contribution in [0.15, 0.2) is 6.20 Å². The molecule has 56 valence electrons. The maximum Gasteiger partial charge on any atom is 0.260 e. The second-order valence-corrected chi connectivity index (χ2v) is 3.69. The predicted molar refractivity (Wildman–Crippen MR) is 41.5 cm³/mol. The van der Waals surface area contributed by atoms with Crippen LogP contribution in [0.25, 0.3) is 0 Å². The van der Waals surface area contributed by atoms with E-state index >= 15 is 0 Å². The maximum absolute atomic E-state index is 10.1. The Morgan fingerprint density at radius 1 is 1.90 bits per heavy atom. The van der Waals surface area contributed by atoms with E-state index in [-0.39, 0.29) is 0 Å². The molecule has 1 aromatic rings. The Kier molecular flexibility index (Phi) is 2.61. The molecule has 0 saturated heterocycles. The number of rotatable bonds is 2. The number of hydrogen-bond acceptors (Lipinski definition) is 3. The van der Waals surface area contributed by atoms with E-state index in [9.17, 15) is 4.21 Å². The summed E-state index contributed by atoms with van der Waals surface area (Å²) in [4.78, 5) is 3.68. The smallest absolute Gasteiger partial charge is 0.260 e. The molecule has 0 amide bonds. The molecule has 10 heavy (non-hydrogen) atoms.